The van der Waals surface area contributed by atoms with Gasteiger partial charge in [-0.05, 0) is 63.8 Å². The number of benzene rings is 1. The van der Waals surface area contributed by atoms with Crippen molar-refractivity contribution in [3.05, 3.63) is 23.8 Å². The van der Waals surface area contributed by atoms with Gasteiger partial charge in [0.2, 0.25) is 0 Å². The molecule has 5 heteroatoms. The summed E-state index contributed by atoms with van der Waals surface area (Å²) in [6.45, 7) is 9.96. The largest absolute Gasteiger partial charge is 0.490 e. The molecule has 1 saturated carbocycles. The van der Waals surface area contributed by atoms with Crippen LogP contribution in [0.4, 0.5) is 0 Å². The molecule has 0 spiro atoms. The first kappa shape index (κ1) is 21.0. The molecule has 0 atom stereocenters. The SMILES string of the molecule is CCOc1ccc(C(=O)N2CCCN(CC3CCCCC3)CC2)cc1OCC. The van der Waals surface area contributed by atoms with Crippen LogP contribution in [0.5, 0.6) is 11.5 Å². The molecule has 0 radical (unpaired) electrons. The van der Waals surface area contributed by atoms with Crippen LogP contribution in [0.2, 0.25) is 0 Å². The van der Waals surface area contributed by atoms with Crippen LogP contribution in [0.15, 0.2) is 18.2 Å². The molecule has 0 unspecified atom stereocenters. The van der Waals surface area contributed by atoms with E-state index < -0.39 is 0 Å². The Morgan fingerprint density at radius 3 is 2.43 bits per heavy atom. The van der Waals surface area contributed by atoms with Crippen LogP contribution in [0.1, 0.15) is 62.7 Å². The molecule has 1 aromatic rings. The predicted molar refractivity (Wildman–Crippen MR) is 112 cm³/mol. The minimum absolute atomic E-state index is 0.100. The van der Waals surface area contributed by atoms with E-state index in [1.165, 1.54) is 38.6 Å². The molecular formula is C23H36N2O3. The van der Waals surface area contributed by atoms with Crippen molar-refractivity contribution < 1.29 is 14.3 Å². The van der Waals surface area contributed by atoms with E-state index in [9.17, 15) is 4.79 Å². The number of nitrogens with zero attached hydrogens (tertiary/aromatic N) is 2. The maximum atomic E-state index is 13.1. The highest BCUT2D eigenvalue weighted by molar-refractivity contribution is 5.95. The van der Waals surface area contributed by atoms with Crippen LogP contribution in [-0.4, -0.2) is 61.6 Å². The van der Waals surface area contributed by atoms with Gasteiger partial charge in [-0.3, -0.25) is 4.79 Å². The monoisotopic (exact) mass is 388 g/mol. The van der Waals surface area contributed by atoms with E-state index in [0.717, 1.165) is 38.5 Å². The smallest absolute Gasteiger partial charge is 0.254 e. The molecule has 5 nitrogen and oxygen atoms in total. The second-order valence-electron chi connectivity index (χ2n) is 7.98. The summed E-state index contributed by atoms with van der Waals surface area (Å²) in [5.41, 5.74) is 0.688. The number of ether oxygens (including phenoxy) is 2. The van der Waals surface area contributed by atoms with Crippen molar-refractivity contribution in [1.29, 1.82) is 0 Å². The van der Waals surface area contributed by atoms with Crippen molar-refractivity contribution in [2.45, 2.75) is 52.4 Å². The summed E-state index contributed by atoms with van der Waals surface area (Å²) in [5.74, 6) is 2.32. The maximum absolute atomic E-state index is 13.1. The van der Waals surface area contributed by atoms with Crippen LogP contribution in [0, 0.1) is 5.92 Å². The highest BCUT2D eigenvalue weighted by Gasteiger charge is 2.23. The zero-order valence-electron chi connectivity index (χ0n) is 17.6. The fourth-order valence-electron chi connectivity index (χ4n) is 4.46. The van der Waals surface area contributed by atoms with E-state index in [2.05, 4.69) is 4.90 Å². The van der Waals surface area contributed by atoms with Gasteiger partial charge in [0.1, 0.15) is 0 Å². The molecule has 2 aliphatic rings. The molecule has 3 rings (SSSR count). The van der Waals surface area contributed by atoms with Gasteiger partial charge >= 0.3 is 0 Å². The van der Waals surface area contributed by atoms with Gasteiger partial charge in [0.05, 0.1) is 13.2 Å². The summed E-state index contributed by atoms with van der Waals surface area (Å²) in [7, 11) is 0. The predicted octanol–water partition coefficient (Wildman–Crippen LogP) is 4.21. The first-order valence-electron chi connectivity index (χ1n) is 11.1. The number of hydrogen-bond donors (Lipinski definition) is 0. The second-order valence-corrected chi connectivity index (χ2v) is 7.98. The minimum atomic E-state index is 0.100. The second kappa shape index (κ2) is 10.7. The average Bonchev–Trinajstić information content (AvgIpc) is 2.95. The lowest BCUT2D eigenvalue weighted by molar-refractivity contribution is 0.0759. The van der Waals surface area contributed by atoms with Gasteiger partial charge in [-0.1, -0.05) is 19.3 Å². The van der Waals surface area contributed by atoms with E-state index >= 15 is 0 Å². The average molecular weight is 389 g/mol. The Balaban J connectivity index is 1.60. The molecule has 0 N–H and O–H groups in total. The molecule has 156 valence electrons. The zero-order valence-corrected chi connectivity index (χ0v) is 17.6. The van der Waals surface area contributed by atoms with Gasteiger partial charge in [-0.25, -0.2) is 0 Å². The molecule has 0 aromatic heterocycles. The van der Waals surface area contributed by atoms with Crippen LogP contribution in [0.3, 0.4) is 0 Å². The number of hydrogen-bond acceptors (Lipinski definition) is 4. The summed E-state index contributed by atoms with van der Waals surface area (Å²) < 4.78 is 11.3. The van der Waals surface area contributed by atoms with Crippen LogP contribution >= 0.6 is 0 Å². The summed E-state index contributed by atoms with van der Waals surface area (Å²) >= 11 is 0. The highest BCUT2D eigenvalue weighted by Crippen LogP contribution is 2.29. The standard InChI is InChI=1S/C23H36N2O3/c1-3-27-21-12-11-20(17-22(21)28-4-2)23(26)25-14-8-13-24(15-16-25)18-19-9-6-5-7-10-19/h11-12,17,19H,3-10,13-16,18H2,1-2H3. The molecule has 1 aromatic carbocycles. The third kappa shape index (κ3) is 5.63. The van der Waals surface area contributed by atoms with E-state index in [0.29, 0.717) is 30.3 Å². The van der Waals surface area contributed by atoms with E-state index in [4.69, 9.17) is 9.47 Å². The van der Waals surface area contributed by atoms with Crippen molar-refractivity contribution in [3.63, 3.8) is 0 Å². The number of carbonyl (C=O) groups is 1. The lowest BCUT2D eigenvalue weighted by Crippen LogP contribution is -2.36. The Morgan fingerprint density at radius 2 is 1.68 bits per heavy atom. The molecule has 1 heterocycles. The van der Waals surface area contributed by atoms with Crippen LogP contribution in [-0.2, 0) is 0 Å². The van der Waals surface area contributed by atoms with Crippen molar-refractivity contribution in [2.24, 2.45) is 5.92 Å². The third-order valence-corrected chi connectivity index (χ3v) is 5.91. The Hall–Kier alpha value is -1.75. The molecule has 1 aliphatic heterocycles. The zero-order chi connectivity index (χ0) is 19.8. The summed E-state index contributed by atoms with van der Waals surface area (Å²) in [4.78, 5) is 17.7. The molecule has 1 saturated heterocycles. The van der Waals surface area contributed by atoms with E-state index in [1.807, 2.05) is 36.9 Å². The van der Waals surface area contributed by atoms with Crippen molar-refractivity contribution in [2.75, 3.05) is 45.9 Å². The fraction of sp³-hybridized carbons (Fsp3) is 0.696. The molecule has 0 bridgehead atoms. The van der Waals surface area contributed by atoms with Gasteiger partial charge in [0, 0.05) is 31.7 Å². The number of amides is 1. The molecule has 28 heavy (non-hydrogen) atoms. The first-order valence-corrected chi connectivity index (χ1v) is 11.1. The maximum Gasteiger partial charge on any atom is 0.254 e. The normalized spacial score (nSPS) is 19.3. The topological polar surface area (TPSA) is 42.0 Å². The highest BCUT2D eigenvalue weighted by atomic mass is 16.5. The fourth-order valence-corrected chi connectivity index (χ4v) is 4.46. The van der Waals surface area contributed by atoms with Gasteiger partial charge in [0.15, 0.2) is 11.5 Å². The number of carbonyl (C=O) groups excluding carboxylic acids is 1. The summed E-state index contributed by atoms with van der Waals surface area (Å²) in [6.07, 6.45) is 8.00. The van der Waals surface area contributed by atoms with Crippen LogP contribution in [0.25, 0.3) is 0 Å². The van der Waals surface area contributed by atoms with Gasteiger partial charge in [-0.15, -0.1) is 0 Å². The Morgan fingerprint density at radius 1 is 0.929 bits per heavy atom. The Kier molecular flexibility index (Phi) is 8.01. The van der Waals surface area contributed by atoms with E-state index in [1.54, 1.807) is 0 Å². The van der Waals surface area contributed by atoms with Crippen LogP contribution < -0.4 is 9.47 Å². The van der Waals surface area contributed by atoms with Gasteiger partial charge in [0.25, 0.3) is 5.91 Å². The van der Waals surface area contributed by atoms with Crippen molar-refractivity contribution in [1.82, 2.24) is 9.80 Å². The van der Waals surface area contributed by atoms with Gasteiger partial charge < -0.3 is 19.3 Å². The molecule has 2 fully saturated rings. The number of rotatable bonds is 7. The quantitative estimate of drug-likeness (QED) is 0.702. The van der Waals surface area contributed by atoms with E-state index in [-0.39, 0.29) is 5.91 Å². The summed E-state index contributed by atoms with van der Waals surface area (Å²) in [6, 6.07) is 5.55. The van der Waals surface area contributed by atoms with Gasteiger partial charge in [-0.2, -0.15) is 0 Å². The summed E-state index contributed by atoms with van der Waals surface area (Å²) in [5, 5.41) is 0. The lowest BCUT2D eigenvalue weighted by Gasteiger charge is -2.28. The lowest BCUT2D eigenvalue weighted by atomic mass is 9.89. The molecule has 1 aliphatic carbocycles. The van der Waals surface area contributed by atoms with Crippen molar-refractivity contribution in [3.8, 4) is 11.5 Å². The minimum Gasteiger partial charge on any atom is -0.490 e. The Bertz CT molecular complexity index is 628. The first-order chi connectivity index (χ1) is 13.7. The molecule has 1 amide bonds. The van der Waals surface area contributed by atoms with Crippen molar-refractivity contribution >= 4 is 5.91 Å². The third-order valence-electron chi connectivity index (χ3n) is 5.91. The Labute approximate surface area is 170 Å². The molecular weight excluding hydrogens is 352 g/mol.